The van der Waals surface area contributed by atoms with Crippen LogP contribution in [-0.4, -0.2) is 28.5 Å². The lowest BCUT2D eigenvalue weighted by atomic mass is 10.0. The van der Waals surface area contributed by atoms with Gasteiger partial charge in [-0.3, -0.25) is 4.79 Å². The molecule has 1 aromatic carbocycles. The highest BCUT2D eigenvalue weighted by Crippen LogP contribution is 2.31. The van der Waals surface area contributed by atoms with Gasteiger partial charge in [-0.1, -0.05) is 66.8 Å². The average molecular weight is 430 g/mol. The van der Waals surface area contributed by atoms with Crippen molar-refractivity contribution in [2.45, 2.75) is 62.3 Å². The Labute approximate surface area is 153 Å². The van der Waals surface area contributed by atoms with E-state index in [1.165, 1.54) is 5.56 Å². The molecule has 0 spiro atoms. The smallest absolute Gasteiger partial charge is 0.148 e. The highest BCUT2D eigenvalue weighted by atomic mass is 127. The van der Waals surface area contributed by atoms with Crippen molar-refractivity contribution in [2.75, 3.05) is 6.61 Å². The molecule has 0 bridgehead atoms. The van der Waals surface area contributed by atoms with Crippen molar-refractivity contribution in [2.24, 2.45) is 5.92 Å². The molecular formula is C19H27IO3. The lowest BCUT2D eigenvalue weighted by molar-refractivity contribution is -0.121. The molecule has 0 N–H and O–H groups in total. The van der Waals surface area contributed by atoms with Crippen LogP contribution in [0.25, 0.3) is 0 Å². The Morgan fingerprint density at radius 1 is 1.30 bits per heavy atom. The van der Waals surface area contributed by atoms with Crippen LogP contribution in [0.4, 0.5) is 0 Å². The molecule has 0 amide bonds. The van der Waals surface area contributed by atoms with Gasteiger partial charge in [0.25, 0.3) is 0 Å². The van der Waals surface area contributed by atoms with Crippen LogP contribution in [0.2, 0.25) is 0 Å². The van der Waals surface area contributed by atoms with Gasteiger partial charge >= 0.3 is 0 Å². The number of carbonyl (C=O) groups excluding carboxylic acids is 1. The van der Waals surface area contributed by atoms with E-state index in [1.54, 1.807) is 0 Å². The largest absolute Gasteiger partial charge is 0.376 e. The number of Topliss-reactive ketones (excluding diaryl/α,β-unsaturated/α-hetero) is 1. The van der Waals surface area contributed by atoms with Crippen LogP contribution in [0.3, 0.4) is 0 Å². The van der Waals surface area contributed by atoms with Crippen LogP contribution in [-0.2, 0) is 20.9 Å². The van der Waals surface area contributed by atoms with Gasteiger partial charge in [0.15, 0.2) is 0 Å². The summed E-state index contributed by atoms with van der Waals surface area (Å²) in [5.41, 5.74) is 1.20. The Hall–Kier alpha value is -0.460. The fraction of sp³-hybridized carbons (Fsp3) is 0.632. The molecular weight excluding hydrogens is 403 g/mol. The normalized spacial score (nSPS) is 23.6. The Morgan fingerprint density at radius 3 is 2.70 bits per heavy atom. The molecule has 0 unspecified atom stereocenters. The van der Waals surface area contributed by atoms with Gasteiger partial charge in [0.05, 0.1) is 29.3 Å². The first-order valence-corrected chi connectivity index (χ1v) is 9.80. The zero-order chi connectivity index (χ0) is 16.7. The summed E-state index contributed by atoms with van der Waals surface area (Å²) in [5.74, 6) is 0.681. The van der Waals surface area contributed by atoms with Crippen LogP contribution in [0.5, 0.6) is 0 Å². The standard InChI is InChI=1S/C19H27IO3/c1-3-7-16(21)19(20)18-11-10-17(23-18)14(2)12-22-13-15-8-5-4-6-9-15/h4-6,8-9,14,17-19H,3,7,10-13H2,1-2H3/t14-,17+,18-,19+/m0/s1. The first-order chi connectivity index (χ1) is 11.1. The summed E-state index contributed by atoms with van der Waals surface area (Å²) in [5, 5.41) is 0. The van der Waals surface area contributed by atoms with E-state index in [2.05, 4.69) is 41.6 Å². The number of ketones is 1. The molecule has 3 nitrogen and oxygen atoms in total. The van der Waals surface area contributed by atoms with Crippen LogP contribution >= 0.6 is 22.6 Å². The lowest BCUT2D eigenvalue weighted by Crippen LogP contribution is -2.30. The second kappa shape index (κ2) is 9.74. The van der Waals surface area contributed by atoms with Crippen LogP contribution < -0.4 is 0 Å². The number of carbonyl (C=O) groups is 1. The maximum absolute atomic E-state index is 12.0. The van der Waals surface area contributed by atoms with Gasteiger partial charge in [0.2, 0.25) is 0 Å². The second-order valence-corrected chi connectivity index (χ2v) is 7.73. The minimum atomic E-state index is -0.00464. The van der Waals surface area contributed by atoms with Gasteiger partial charge in [0.1, 0.15) is 5.78 Å². The fourth-order valence-electron chi connectivity index (χ4n) is 2.96. The number of hydrogen-bond acceptors (Lipinski definition) is 3. The van der Waals surface area contributed by atoms with Crippen molar-refractivity contribution in [1.29, 1.82) is 0 Å². The quantitative estimate of drug-likeness (QED) is 0.426. The molecule has 1 aliphatic heterocycles. The predicted molar refractivity (Wildman–Crippen MR) is 101 cm³/mol. The molecule has 0 saturated carbocycles. The van der Waals surface area contributed by atoms with Crippen molar-refractivity contribution in [3.63, 3.8) is 0 Å². The van der Waals surface area contributed by atoms with E-state index in [0.29, 0.717) is 31.3 Å². The SMILES string of the molecule is CCCC(=O)[C@@H](I)[C@@H]1CC[C@H]([C@@H](C)COCc2ccccc2)O1. The third-order valence-electron chi connectivity index (χ3n) is 4.34. The number of alkyl halides is 1. The van der Waals surface area contributed by atoms with Crippen molar-refractivity contribution < 1.29 is 14.3 Å². The van der Waals surface area contributed by atoms with Gasteiger partial charge in [0, 0.05) is 12.3 Å². The summed E-state index contributed by atoms with van der Waals surface area (Å²) in [6, 6.07) is 10.2. The zero-order valence-corrected chi connectivity index (χ0v) is 16.2. The highest BCUT2D eigenvalue weighted by molar-refractivity contribution is 14.1. The van der Waals surface area contributed by atoms with Crippen molar-refractivity contribution in [1.82, 2.24) is 0 Å². The number of rotatable bonds is 9. The summed E-state index contributed by atoms with van der Waals surface area (Å²) in [4.78, 5) is 12.0. The summed E-state index contributed by atoms with van der Waals surface area (Å²) in [6.07, 6.45) is 3.88. The van der Waals surface area contributed by atoms with Crippen molar-refractivity contribution in [3.8, 4) is 0 Å². The third kappa shape index (κ3) is 5.84. The number of benzene rings is 1. The Morgan fingerprint density at radius 2 is 2.00 bits per heavy atom. The topological polar surface area (TPSA) is 35.5 Å². The summed E-state index contributed by atoms with van der Waals surface area (Å²) in [6.45, 7) is 5.56. The van der Waals surface area contributed by atoms with Gasteiger partial charge in [-0.2, -0.15) is 0 Å². The van der Waals surface area contributed by atoms with E-state index >= 15 is 0 Å². The van der Waals surface area contributed by atoms with E-state index in [0.717, 1.165) is 19.3 Å². The Kier molecular flexibility index (Phi) is 7.99. The van der Waals surface area contributed by atoms with Crippen LogP contribution in [0.15, 0.2) is 30.3 Å². The van der Waals surface area contributed by atoms with E-state index in [9.17, 15) is 4.79 Å². The monoisotopic (exact) mass is 430 g/mol. The molecule has 4 atom stereocenters. The lowest BCUT2D eigenvalue weighted by Gasteiger charge is -2.22. The fourth-order valence-corrected chi connectivity index (χ4v) is 3.80. The van der Waals surface area contributed by atoms with E-state index in [4.69, 9.17) is 9.47 Å². The molecule has 1 aromatic rings. The first-order valence-electron chi connectivity index (χ1n) is 8.55. The minimum absolute atomic E-state index is 0.00464. The van der Waals surface area contributed by atoms with Gasteiger partial charge in [-0.25, -0.2) is 0 Å². The third-order valence-corrected chi connectivity index (χ3v) is 5.84. The second-order valence-electron chi connectivity index (χ2n) is 6.39. The number of halogens is 1. The molecule has 2 rings (SSSR count). The van der Waals surface area contributed by atoms with E-state index in [-0.39, 0.29) is 16.1 Å². The maximum Gasteiger partial charge on any atom is 0.148 e. The molecule has 4 heteroatoms. The molecule has 1 heterocycles. The average Bonchev–Trinajstić information content (AvgIpc) is 3.05. The zero-order valence-electron chi connectivity index (χ0n) is 14.0. The Bertz CT molecular complexity index is 477. The first kappa shape index (κ1) is 18.9. The molecule has 1 aliphatic rings. The Balaban J connectivity index is 1.72. The summed E-state index contributed by atoms with van der Waals surface area (Å²) in [7, 11) is 0. The van der Waals surface area contributed by atoms with Crippen LogP contribution in [0.1, 0.15) is 45.1 Å². The maximum atomic E-state index is 12.0. The molecule has 23 heavy (non-hydrogen) atoms. The molecule has 128 valence electrons. The molecule has 0 aromatic heterocycles. The molecule has 0 aliphatic carbocycles. The van der Waals surface area contributed by atoms with Gasteiger partial charge < -0.3 is 9.47 Å². The highest BCUT2D eigenvalue weighted by Gasteiger charge is 2.35. The van der Waals surface area contributed by atoms with Crippen LogP contribution in [0, 0.1) is 5.92 Å². The molecule has 1 saturated heterocycles. The van der Waals surface area contributed by atoms with Gasteiger partial charge in [-0.15, -0.1) is 0 Å². The number of hydrogen-bond donors (Lipinski definition) is 0. The number of ether oxygens (including phenoxy) is 2. The van der Waals surface area contributed by atoms with E-state index < -0.39 is 0 Å². The van der Waals surface area contributed by atoms with Crippen molar-refractivity contribution in [3.05, 3.63) is 35.9 Å². The van der Waals surface area contributed by atoms with Gasteiger partial charge in [-0.05, 0) is 24.8 Å². The van der Waals surface area contributed by atoms with Crippen molar-refractivity contribution >= 4 is 28.4 Å². The van der Waals surface area contributed by atoms with E-state index in [1.807, 2.05) is 25.1 Å². The molecule has 1 fully saturated rings. The molecule has 0 radical (unpaired) electrons. The predicted octanol–water partition coefficient (Wildman–Crippen LogP) is 4.56. The summed E-state index contributed by atoms with van der Waals surface area (Å²) < 4.78 is 12.0. The summed E-state index contributed by atoms with van der Waals surface area (Å²) >= 11 is 2.26. The minimum Gasteiger partial charge on any atom is -0.376 e.